The summed E-state index contributed by atoms with van der Waals surface area (Å²) >= 11 is 31.6. The number of alkyl halides is 1. The first kappa shape index (κ1) is 58.3. The number of nitrogens with zero attached hydrogens (tertiary/aromatic N) is 6. The van der Waals surface area contributed by atoms with Crippen molar-refractivity contribution >= 4 is 144 Å². The van der Waals surface area contributed by atoms with E-state index in [0.717, 1.165) is 79.3 Å². The monoisotopic (exact) mass is 1280 g/mol. The number of carbonyl (C=O) groups excluding carboxylic acids is 3. The third kappa shape index (κ3) is 14.4. The van der Waals surface area contributed by atoms with Crippen molar-refractivity contribution in [3.05, 3.63) is 212 Å². The van der Waals surface area contributed by atoms with E-state index in [1.54, 1.807) is 51.4 Å². The molecule has 0 bridgehead atoms. The van der Waals surface area contributed by atoms with Crippen LogP contribution in [0.1, 0.15) is 73.4 Å². The summed E-state index contributed by atoms with van der Waals surface area (Å²) in [5.74, 6) is -1.55. The van der Waals surface area contributed by atoms with E-state index in [0.29, 0.717) is 38.0 Å². The van der Waals surface area contributed by atoms with Crippen LogP contribution in [-0.4, -0.2) is 61.7 Å². The fourth-order valence-corrected chi connectivity index (χ4v) is 12.2. The highest BCUT2D eigenvalue weighted by Crippen LogP contribution is 2.40. The molecule has 12 aromatic rings. The van der Waals surface area contributed by atoms with Crippen LogP contribution in [0.2, 0.25) is 20.2 Å². The van der Waals surface area contributed by atoms with Crippen molar-refractivity contribution in [3.63, 3.8) is 0 Å². The standard InChI is InChI=1S/C20H15ClN2O3S.C18H12ClN3O2S.C15H10Cl2N2O2S.C5H5BrO/c1-2-26-20(24)18-19-15(16(22-23-18)9-12-7-8-25-11-12)10-17(27-19)13-3-5-14(21)6-4-13;19-12-3-1-11(2-4-12)15-8-13-14(7-10-5-6-24-9-10)21-22-16(18(20)23)17(13)25-15;1-2-21-15(20)12-13-10(14(17)19-18-12)7-11(22-13)8-3-5-9(16)6-4-8;6-3-5-1-2-7-4-5/h3-8,10-11H,2,9H2,1H3;1-6,8-9H,7H2,(H2,20,23);3-7H,2H2,1H3;1-2,4H,3H2. The summed E-state index contributed by atoms with van der Waals surface area (Å²) in [6, 6.07) is 34.2. The first-order valence-corrected chi connectivity index (χ1v) is 29.4. The maximum Gasteiger partial charge on any atom is 0.360 e. The molecular weight excluding hydrogens is 1240 g/mol. The average molecular weight is 1280 g/mol. The number of esters is 2. The number of aromatic nitrogens is 6. The van der Waals surface area contributed by atoms with Crippen LogP contribution in [0, 0.1) is 0 Å². The summed E-state index contributed by atoms with van der Waals surface area (Å²) in [6.07, 6.45) is 11.1. The molecule has 0 fully saturated rings. The van der Waals surface area contributed by atoms with Gasteiger partial charge in [0, 0.05) is 69.6 Å². The van der Waals surface area contributed by atoms with E-state index in [9.17, 15) is 14.4 Å². The second-order valence-corrected chi connectivity index (χ2v) is 22.5. The Kier molecular flexibility index (Phi) is 19.7. The molecular formula is C58H42BrCl4N7O8S3. The number of nitrogens with two attached hydrogens (primary N) is 1. The lowest BCUT2D eigenvalue weighted by Crippen LogP contribution is -2.14. The lowest BCUT2D eigenvalue weighted by molar-refractivity contribution is 0.0511. The maximum atomic E-state index is 12.3. The van der Waals surface area contributed by atoms with Crippen molar-refractivity contribution in [2.24, 2.45) is 5.73 Å². The van der Waals surface area contributed by atoms with Gasteiger partial charge in [0.15, 0.2) is 22.2 Å². The van der Waals surface area contributed by atoms with Gasteiger partial charge in [0.05, 0.1) is 76.3 Å². The minimum Gasteiger partial charge on any atom is -0.472 e. The smallest absolute Gasteiger partial charge is 0.360 e. The normalized spacial score (nSPS) is 10.9. The lowest BCUT2D eigenvalue weighted by atomic mass is 10.1. The number of thiophene rings is 3. The van der Waals surface area contributed by atoms with Gasteiger partial charge in [-0.3, -0.25) is 4.79 Å². The van der Waals surface area contributed by atoms with Gasteiger partial charge >= 0.3 is 11.9 Å². The third-order valence-electron chi connectivity index (χ3n) is 11.7. The van der Waals surface area contributed by atoms with Gasteiger partial charge < -0.3 is 28.5 Å². The summed E-state index contributed by atoms with van der Waals surface area (Å²) in [5.41, 5.74) is 13.8. The molecule has 0 atom stereocenters. The molecule has 3 aromatic carbocycles. The first-order valence-electron chi connectivity index (χ1n) is 24.4. The summed E-state index contributed by atoms with van der Waals surface area (Å²) in [6.45, 7) is 4.07. The van der Waals surface area contributed by atoms with Gasteiger partial charge in [-0.15, -0.1) is 54.4 Å². The summed E-state index contributed by atoms with van der Waals surface area (Å²) in [4.78, 5) is 39.0. The number of hydrogen-bond acceptors (Lipinski definition) is 17. The Hall–Kier alpha value is -7.33. The van der Waals surface area contributed by atoms with Crippen LogP contribution in [0.25, 0.3) is 61.6 Å². The predicted molar refractivity (Wildman–Crippen MR) is 323 cm³/mol. The Bertz CT molecular complexity index is 4080. The molecule has 0 saturated carbocycles. The molecule has 2 N–H and O–H groups in total. The van der Waals surface area contributed by atoms with Gasteiger partial charge in [0.1, 0.15) is 0 Å². The van der Waals surface area contributed by atoms with Crippen LogP contribution in [0.3, 0.4) is 0 Å². The highest BCUT2D eigenvalue weighted by atomic mass is 79.9. The number of primary amides is 1. The Labute approximate surface area is 502 Å². The number of ether oxygens (including phenoxy) is 2. The summed E-state index contributed by atoms with van der Waals surface area (Å²) < 4.78 is 27.4. The number of amides is 1. The fourth-order valence-electron chi connectivity index (χ4n) is 7.79. The average Bonchev–Trinajstić information content (AvgIpc) is 4.48. The molecule has 410 valence electrons. The minimum atomic E-state index is -0.586. The summed E-state index contributed by atoms with van der Waals surface area (Å²) in [5, 5.41) is 30.0. The second-order valence-electron chi connectivity index (χ2n) is 17.1. The highest BCUT2D eigenvalue weighted by molar-refractivity contribution is 9.08. The van der Waals surface area contributed by atoms with Crippen LogP contribution >= 0.6 is 96.3 Å². The summed E-state index contributed by atoms with van der Waals surface area (Å²) in [7, 11) is 0. The van der Waals surface area contributed by atoms with Gasteiger partial charge in [-0.2, -0.15) is 10.2 Å². The molecule has 9 heterocycles. The zero-order valence-electron chi connectivity index (χ0n) is 42.5. The zero-order chi connectivity index (χ0) is 57.0. The SMILES string of the molecule is BrCc1ccoc1.CCOC(=O)c1nnc(Cc2ccoc2)c2cc(-c3ccc(Cl)cc3)sc12.CCOC(=O)c1nnc(Cl)c2cc(-c3ccc(Cl)cc3)sc12.NC(=O)c1nnc(Cc2ccoc2)c2cc(-c3ccc(Cl)cc3)sc12. The number of halogens is 5. The molecule has 12 rings (SSSR count). The van der Waals surface area contributed by atoms with Crippen molar-refractivity contribution in [1.29, 1.82) is 0 Å². The molecule has 0 aliphatic heterocycles. The van der Waals surface area contributed by atoms with E-state index < -0.39 is 17.8 Å². The van der Waals surface area contributed by atoms with Crippen molar-refractivity contribution < 1.29 is 37.1 Å². The quantitative estimate of drug-likeness (QED) is 0.0840. The van der Waals surface area contributed by atoms with E-state index in [-0.39, 0.29) is 35.4 Å². The van der Waals surface area contributed by atoms with Crippen molar-refractivity contribution in [2.45, 2.75) is 32.0 Å². The first-order chi connectivity index (χ1) is 39.3. The van der Waals surface area contributed by atoms with E-state index in [2.05, 4.69) is 46.5 Å². The van der Waals surface area contributed by atoms with Gasteiger partial charge in [-0.1, -0.05) is 98.7 Å². The molecule has 9 aromatic heterocycles. The van der Waals surface area contributed by atoms with E-state index in [1.807, 2.05) is 109 Å². The van der Waals surface area contributed by atoms with E-state index in [4.69, 9.17) is 74.9 Å². The molecule has 23 heteroatoms. The number of carbonyl (C=O) groups is 3. The Morgan fingerprint density at radius 3 is 1.21 bits per heavy atom. The lowest BCUT2D eigenvalue weighted by Gasteiger charge is -2.04. The minimum absolute atomic E-state index is 0.187. The Morgan fingerprint density at radius 1 is 0.494 bits per heavy atom. The van der Waals surface area contributed by atoms with Gasteiger partial charge in [0.2, 0.25) is 0 Å². The molecule has 0 spiro atoms. The van der Waals surface area contributed by atoms with Gasteiger partial charge in [-0.25, -0.2) is 9.59 Å². The van der Waals surface area contributed by atoms with Crippen LogP contribution in [-0.2, 0) is 27.6 Å². The van der Waals surface area contributed by atoms with Crippen LogP contribution in [0.15, 0.2) is 160 Å². The predicted octanol–water partition coefficient (Wildman–Crippen LogP) is 16.7. The van der Waals surface area contributed by atoms with Crippen LogP contribution in [0.4, 0.5) is 0 Å². The largest absolute Gasteiger partial charge is 0.472 e. The second kappa shape index (κ2) is 27.4. The van der Waals surface area contributed by atoms with Crippen LogP contribution in [0.5, 0.6) is 0 Å². The van der Waals surface area contributed by atoms with Gasteiger partial charge in [0.25, 0.3) is 5.91 Å². The van der Waals surface area contributed by atoms with Crippen molar-refractivity contribution in [1.82, 2.24) is 30.6 Å². The van der Waals surface area contributed by atoms with Gasteiger partial charge in [-0.05, 0) is 114 Å². The zero-order valence-corrected chi connectivity index (χ0v) is 49.6. The number of rotatable bonds is 13. The highest BCUT2D eigenvalue weighted by Gasteiger charge is 2.23. The van der Waals surface area contributed by atoms with Crippen molar-refractivity contribution in [3.8, 4) is 31.3 Å². The molecule has 81 heavy (non-hydrogen) atoms. The molecule has 1 amide bonds. The number of furan rings is 3. The van der Waals surface area contributed by atoms with E-state index in [1.165, 1.54) is 39.6 Å². The Morgan fingerprint density at radius 2 is 0.852 bits per heavy atom. The molecule has 15 nitrogen and oxygen atoms in total. The molecule has 0 radical (unpaired) electrons. The number of benzene rings is 3. The maximum absolute atomic E-state index is 12.3. The van der Waals surface area contributed by atoms with E-state index >= 15 is 0 Å². The molecule has 0 aliphatic carbocycles. The Balaban J connectivity index is 0.000000139. The molecule has 0 aliphatic rings. The number of hydrogen-bond donors (Lipinski definition) is 1. The van der Waals surface area contributed by atoms with Crippen molar-refractivity contribution in [2.75, 3.05) is 13.2 Å². The van der Waals surface area contributed by atoms with Crippen LogP contribution < -0.4 is 5.73 Å². The number of fused-ring (bicyclic) bond motifs is 3. The molecule has 0 saturated heterocycles. The molecule has 0 unspecified atom stereocenters. The fraction of sp³-hybridized carbons (Fsp3) is 0.121. The topological polar surface area (TPSA) is 212 Å². The third-order valence-corrected chi connectivity index (χ3v) is 16.9.